The van der Waals surface area contributed by atoms with E-state index in [0.717, 1.165) is 6.20 Å². The van der Waals surface area contributed by atoms with E-state index >= 15 is 0 Å². The van der Waals surface area contributed by atoms with Gasteiger partial charge in [-0.05, 0) is 0 Å². The van der Waals surface area contributed by atoms with E-state index in [4.69, 9.17) is 0 Å². The zero-order chi connectivity index (χ0) is 7.61. The third-order valence-corrected chi connectivity index (χ3v) is 0.813. The molecule has 0 fully saturated rings. The Kier molecular flexibility index (Phi) is 1.57. The summed E-state index contributed by atoms with van der Waals surface area (Å²) in [7, 11) is 0. The maximum atomic E-state index is 11.7. The summed E-state index contributed by atoms with van der Waals surface area (Å²) in [4.78, 5) is 6.15. The highest BCUT2D eigenvalue weighted by Gasteiger charge is 2.32. The molecule has 0 bridgehead atoms. The van der Waals surface area contributed by atoms with E-state index in [9.17, 15) is 13.2 Å². The number of halogens is 3. The highest BCUT2D eigenvalue weighted by atomic mass is 19.4. The van der Waals surface area contributed by atoms with Crippen molar-refractivity contribution in [2.75, 3.05) is 0 Å². The molecule has 1 aromatic rings. The van der Waals surface area contributed by atoms with E-state index in [1.54, 1.807) is 0 Å². The molecule has 0 atom stereocenters. The van der Waals surface area contributed by atoms with E-state index in [1.165, 1.54) is 0 Å². The molecule has 53 valence electrons. The van der Waals surface area contributed by atoms with Crippen molar-refractivity contribution in [1.82, 2.24) is 9.97 Å². The first-order chi connectivity index (χ1) is 4.61. The maximum absolute atomic E-state index is 11.7. The number of hydrogen-bond acceptors (Lipinski definition) is 2. The van der Waals surface area contributed by atoms with Gasteiger partial charge in [-0.2, -0.15) is 13.2 Å². The second-order valence-corrected chi connectivity index (χ2v) is 1.53. The first-order valence-electron chi connectivity index (χ1n) is 2.36. The molecular weight excluding hydrogens is 145 g/mol. The fourth-order valence-corrected chi connectivity index (χ4v) is 0.410. The van der Waals surface area contributed by atoms with Gasteiger partial charge in [0.2, 0.25) is 0 Å². The Morgan fingerprint density at radius 2 is 2.10 bits per heavy atom. The second kappa shape index (κ2) is 2.24. The lowest BCUT2D eigenvalue weighted by molar-refractivity contribution is -0.141. The van der Waals surface area contributed by atoms with Gasteiger partial charge in [-0.3, -0.25) is 4.98 Å². The molecule has 0 aromatic carbocycles. The topological polar surface area (TPSA) is 25.8 Å². The summed E-state index contributed by atoms with van der Waals surface area (Å²) in [5.41, 5.74) is -0.994. The summed E-state index contributed by atoms with van der Waals surface area (Å²) in [6.45, 7) is 0. The van der Waals surface area contributed by atoms with E-state index in [1.807, 2.05) is 0 Å². The molecule has 0 aliphatic rings. The summed E-state index contributed by atoms with van der Waals surface area (Å²) in [5.74, 6) is 0. The Labute approximate surface area is 54.7 Å². The summed E-state index contributed by atoms with van der Waals surface area (Å²) in [6, 6.07) is 0. The summed E-state index contributed by atoms with van der Waals surface area (Å²) in [6.07, 6.45) is -0.754. The van der Waals surface area contributed by atoms with E-state index in [0.29, 0.717) is 6.20 Å². The molecule has 0 aliphatic heterocycles. The zero-order valence-corrected chi connectivity index (χ0v) is 4.68. The number of aromatic nitrogens is 2. The van der Waals surface area contributed by atoms with Crippen LogP contribution in [-0.2, 0) is 6.18 Å². The third-order valence-electron chi connectivity index (χ3n) is 0.813. The van der Waals surface area contributed by atoms with Crippen LogP contribution in [-0.4, -0.2) is 9.97 Å². The van der Waals surface area contributed by atoms with E-state index < -0.39 is 11.9 Å². The predicted octanol–water partition coefficient (Wildman–Crippen LogP) is 1.30. The number of rotatable bonds is 0. The quantitative estimate of drug-likeness (QED) is 0.552. The average molecular weight is 147 g/mol. The normalized spacial score (nSPS) is 11.5. The second-order valence-electron chi connectivity index (χ2n) is 1.53. The van der Waals surface area contributed by atoms with Crippen LogP contribution in [0.25, 0.3) is 0 Å². The molecule has 1 radical (unpaired) electrons. The Morgan fingerprint density at radius 1 is 1.40 bits per heavy atom. The van der Waals surface area contributed by atoms with E-state index in [-0.39, 0.29) is 0 Å². The number of hydrogen-bond donors (Lipinski definition) is 0. The first kappa shape index (κ1) is 6.98. The minimum absolute atomic E-state index is 0.625. The van der Waals surface area contributed by atoms with Crippen molar-refractivity contribution in [2.24, 2.45) is 0 Å². The van der Waals surface area contributed by atoms with Crippen molar-refractivity contribution in [2.45, 2.75) is 6.18 Å². The molecule has 5 heteroatoms. The molecule has 0 saturated heterocycles. The highest BCUT2D eigenvalue weighted by molar-refractivity contribution is 4.98. The summed E-state index contributed by atoms with van der Waals surface area (Å²) >= 11 is 0. The van der Waals surface area contributed by atoms with Gasteiger partial charge in [-0.15, -0.1) is 0 Å². The lowest BCUT2D eigenvalue weighted by atomic mass is 10.4. The van der Waals surface area contributed by atoms with Crippen LogP contribution in [0.3, 0.4) is 0 Å². The summed E-state index contributed by atoms with van der Waals surface area (Å²) < 4.78 is 35.0. The highest BCUT2D eigenvalue weighted by Crippen LogP contribution is 2.25. The Bertz CT molecular complexity index is 206. The predicted molar refractivity (Wildman–Crippen MR) is 25.9 cm³/mol. The van der Waals surface area contributed by atoms with Crippen molar-refractivity contribution >= 4 is 0 Å². The van der Waals surface area contributed by atoms with Crippen LogP contribution >= 0.6 is 0 Å². The molecule has 2 nitrogen and oxygen atoms in total. The van der Waals surface area contributed by atoms with Crippen molar-refractivity contribution in [3.8, 4) is 0 Å². The molecule has 1 aromatic heterocycles. The lowest BCUT2D eigenvalue weighted by Gasteiger charge is -2.01. The largest absolute Gasteiger partial charge is 0.434 e. The van der Waals surface area contributed by atoms with Crippen LogP contribution in [0.5, 0.6) is 0 Å². The smallest absolute Gasteiger partial charge is 0.251 e. The van der Waals surface area contributed by atoms with Crippen LogP contribution in [0.2, 0.25) is 0 Å². The van der Waals surface area contributed by atoms with Gasteiger partial charge in [0.05, 0.1) is 12.4 Å². The van der Waals surface area contributed by atoms with Crippen molar-refractivity contribution in [3.05, 3.63) is 24.3 Å². The number of nitrogens with zero attached hydrogens (tertiary/aromatic N) is 2. The minimum Gasteiger partial charge on any atom is -0.251 e. The molecule has 0 spiro atoms. The zero-order valence-electron chi connectivity index (χ0n) is 4.68. The van der Waals surface area contributed by atoms with Gasteiger partial charge in [-0.25, -0.2) is 4.98 Å². The van der Waals surface area contributed by atoms with Crippen LogP contribution in [0.1, 0.15) is 5.69 Å². The minimum atomic E-state index is -4.40. The molecule has 0 amide bonds. The van der Waals surface area contributed by atoms with Crippen molar-refractivity contribution in [3.63, 3.8) is 0 Å². The molecule has 0 saturated carbocycles. The Hall–Kier alpha value is -1.13. The number of alkyl halides is 3. The van der Waals surface area contributed by atoms with Crippen LogP contribution in [0.4, 0.5) is 13.2 Å². The SMILES string of the molecule is FC(F)(F)c1cn[c]cn1. The van der Waals surface area contributed by atoms with Gasteiger partial charge in [0.1, 0.15) is 6.20 Å². The van der Waals surface area contributed by atoms with Gasteiger partial charge < -0.3 is 0 Å². The fourth-order valence-electron chi connectivity index (χ4n) is 0.410. The molecule has 0 aliphatic carbocycles. The molecule has 0 unspecified atom stereocenters. The molecular formula is C5H2F3N2. The molecule has 1 heterocycles. The van der Waals surface area contributed by atoms with Gasteiger partial charge >= 0.3 is 6.18 Å². The molecule has 10 heavy (non-hydrogen) atoms. The van der Waals surface area contributed by atoms with Gasteiger partial charge in [-0.1, -0.05) is 0 Å². The third kappa shape index (κ3) is 1.43. The molecule has 1 rings (SSSR count). The van der Waals surface area contributed by atoms with Crippen molar-refractivity contribution < 1.29 is 13.2 Å². The summed E-state index contributed by atoms with van der Waals surface area (Å²) in [5, 5.41) is 0. The monoisotopic (exact) mass is 147 g/mol. The fraction of sp³-hybridized carbons (Fsp3) is 0.200. The van der Waals surface area contributed by atoms with E-state index in [2.05, 4.69) is 16.2 Å². The van der Waals surface area contributed by atoms with Crippen LogP contribution in [0, 0.1) is 6.20 Å². The Balaban J connectivity index is 2.97. The van der Waals surface area contributed by atoms with Gasteiger partial charge in [0.15, 0.2) is 5.69 Å². The Morgan fingerprint density at radius 3 is 2.40 bits per heavy atom. The molecule has 0 N–H and O–H groups in total. The van der Waals surface area contributed by atoms with Crippen molar-refractivity contribution in [1.29, 1.82) is 0 Å². The van der Waals surface area contributed by atoms with Crippen LogP contribution < -0.4 is 0 Å². The van der Waals surface area contributed by atoms with Gasteiger partial charge in [0.25, 0.3) is 0 Å². The lowest BCUT2D eigenvalue weighted by Crippen LogP contribution is -2.07. The average Bonchev–Trinajstić information content (AvgIpc) is 1.88. The van der Waals surface area contributed by atoms with Crippen LogP contribution in [0.15, 0.2) is 12.4 Å². The van der Waals surface area contributed by atoms with Gasteiger partial charge in [0, 0.05) is 0 Å². The standard InChI is InChI=1S/C5H2F3N2/c6-5(7,8)4-3-9-1-2-10-4/h2-3H. The maximum Gasteiger partial charge on any atom is 0.434 e. The first-order valence-corrected chi connectivity index (χ1v) is 2.36.